The van der Waals surface area contributed by atoms with E-state index in [-0.39, 0.29) is 11.8 Å². The summed E-state index contributed by atoms with van der Waals surface area (Å²) in [6.45, 7) is 4.12. The Morgan fingerprint density at radius 1 is 0.731 bits per heavy atom. The van der Waals surface area contributed by atoms with Crippen molar-refractivity contribution in [1.29, 1.82) is 0 Å². The number of carbonyl (C=O) groups is 2. The smallest absolute Gasteiger partial charge is 0.235 e. The molecule has 6 heteroatoms. The molecule has 0 unspecified atom stereocenters. The van der Waals surface area contributed by atoms with Crippen LogP contribution in [0, 0.1) is 0 Å². The number of carbonyl (C=O) groups excluding carboxylic acids is 2. The third-order valence-electron chi connectivity index (χ3n) is 3.81. The SMILES string of the molecule is CCc1ccccc1NC(=O)CSSCC(=O)Nc1ccccc1CC. The van der Waals surface area contributed by atoms with Gasteiger partial charge in [0.15, 0.2) is 0 Å². The Bertz CT molecular complexity index is 687. The average molecular weight is 389 g/mol. The van der Waals surface area contributed by atoms with Gasteiger partial charge in [-0.15, -0.1) is 0 Å². The standard InChI is InChI=1S/C20H24N2O2S2/c1-3-15-9-5-7-11-17(15)21-19(23)13-25-26-14-20(24)22-18-12-8-6-10-16(18)4-2/h5-12H,3-4,13-14H2,1-2H3,(H,21,23)(H,22,24). The summed E-state index contributed by atoms with van der Waals surface area (Å²) in [5.74, 6) is 0.503. The molecule has 0 saturated heterocycles. The van der Waals surface area contributed by atoms with E-state index in [0.717, 1.165) is 35.3 Å². The molecule has 0 heterocycles. The van der Waals surface area contributed by atoms with E-state index in [1.165, 1.54) is 21.6 Å². The fourth-order valence-corrected chi connectivity index (χ4v) is 4.13. The molecule has 2 rings (SSSR count). The minimum absolute atomic E-state index is 0.0554. The van der Waals surface area contributed by atoms with Gasteiger partial charge in [-0.2, -0.15) is 0 Å². The van der Waals surface area contributed by atoms with Gasteiger partial charge >= 0.3 is 0 Å². The maximum Gasteiger partial charge on any atom is 0.235 e. The van der Waals surface area contributed by atoms with Crippen molar-refractivity contribution in [3.05, 3.63) is 59.7 Å². The molecule has 2 aromatic carbocycles. The molecule has 0 aliphatic rings. The van der Waals surface area contributed by atoms with Gasteiger partial charge in [-0.3, -0.25) is 9.59 Å². The Kier molecular flexibility index (Phi) is 8.58. The molecule has 2 N–H and O–H groups in total. The summed E-state index contributed by atoms with van der Waals surface area (Å²) < 4.78 is 0. The largest absolute Gasteiger partial charge is 0.325 e. The number of anilines is 2. The highest BCUT2D eigenvalue weighted by Crippen LogP contribution is 2.23. The quantitative estimate of drug-likeness (QED) is 0.480. The Balaban J connectivity index is 1.71. The molecule has 4 nitrogen and oxygen atoms in total. The number of hydrogen-bond donors (Lipinski definition) is 2. The Morgan fingerprint density at radius 2 is 1.12 bits per heavy atom. The molecule has 2 aromatic rings. The second-order valence-electron chi connectivity index (χ2n) is 5.64. The predicted molar refractivity (Wildman–Crippen MR) is 114 cm³/mol. The van der Waals surface area contributed by atoms with Crippen molar-refractivity contribution in [3.63, 3.8) is 0 Å². The van der Waals surface area contributed by atoms with E-state index in [1.807, 2.05) is 48.5 Å². The number of amides is 2. The maximum atomic E-state index is 12.1. The van der Waals surface area contributed by atoms with Crippen molar-refractivity contribution in [2.45, 2.75) is 26.7 Å². The summed E-state index contributed by atoms with van der Waals surface area (Å²) >= 11 is 0. The highest BCUT2D eigenvalue weighted by Gasteiger charge is 2.09. The fraction of sp³-hybridized carbons (Fsp3) is 0.300. The van der Waals surface area contributed by atoms with E-state index in [2.05, 4.69) is 24.5 Å². The van der Waals surface area contributed by atoms with Crippen molar-refractivity contribution < 1.29 is 9.59 Å². The lowest BCUT2D eigenvalue weighted by Gasteiger charge is -2.10. The summed E-state index contributed by atoms with van der Waals surface area (Å²) in [5, 5.41) is 5.86. The van der Waals surface area contributed by atoms with Gasteiger partial charge in [-0.25, -0.2) is 0 Å². The van der Waals surface area contributed by atoms with E-state index >= 15 is 0 Å². The maximum absolute atomic E-state index is 12.1. The van der Waals surface area contributed by atoms with Crippen LogP contribution in [0.5, 0.6) is 0 Å². The van der Waals surface area contributed by atoms with Gasteiger partial charge < -0.3 is 10.6 Å². The molecule has 0 radical (unpaired) electrons. The number of aryl methyl sites for hydroxylation is 2. The van der Waals surface area contributed by atoms with Crippen LogP contribution in [-0.2, 0) is 22.4 Å². The first-order valence-electron chi connectivity index (χ1n) is 8.64. The predicted octanol–water partition coefficient (Wildman–Crippen LogP) is 4.77. The lowest BCUT2D eigenvalue weighted by atomic mass is 10.1. The summed E-state index contributed by atoms with van der Waals surface area (Å²) in [7, 11) is 2.77. The second-order valence-corrected chi connectivity index (χ2v) is 8.11. The molecule has 0 aliphatic carbocycles. The highest BCUT2D eigenvalue weighted by molar-refractivity contribution is 8.77. The number of benzene rings is 2. The average Bonchev–Trinajstić information content (AvgIpc) is 2.66. The Labute approximate surface area is 162 Å². The normalized spacial score (nSPS) is 10.4. The van der Waals surface area contributed by atoms with Gasteiger partial charge in [0.25, 0.3) is 0 Å². The molecule has 138 valence electrons. The monoisotopic (exact) mass is 388 g/mol. The summed E-state index contributed by atoms with van der Waals surface area (Å²) in [4.78, 5) is 24.1. The van der Waals surface area contributed by atoms with E-state index in [1.54, 1.807) is 0 Å². The minimum atomic E-state index is -0.0554. The van der Waals surface area contributed by atoms with Crippen LogP contribution in [0.3, 0.4) is 0 Å². The molecule has 0 atom stereocenters. The summed E-state index contributed by atoms with van der Waals surface area (Å²) in [6.07, 6.45) is 1.75. The van der Waals surface area contributed by atoms with Crippen molar-refractivity contribution in [3.8, 4) is 0 Å². The van der Waals surface area contributed by atoms with Crippen LogP contribution >= 0.6 is 21.6 Å². The molecule has 26 heavy (non-hydrogen) atoms. The first kappa shape index (κ1) is 20.4. The Hall–Kier alpha value is -1.92. The molecular weight excluding hydrogens is 364 g/mol. The zero-order chi connectivity index (χ0) is 18.8. The van der Waals surface area contributed by atoms with Gasteiger partial charge in [-0.1, -0.05) is 71.8 Å². The third kappa shape index (κ3) is 6.42. The van der Waals surface area contributed by atoms with E-state index in [0.29, 0.717) is 11.5 Å². The van der Waals surface area contributed by atoms with Crippen LogP contribution in [0.15, 0.2) is 48.5 Å². The van der Waals surface area contributed by atoms with Crippen molar-refractivity contribution >= 4 is 44.8 Å². The van der Waals surface area contributed by atoms with Crippen LogP contribution in [0.1, 0.15) is 25.0 Å². The molecule has 0 fully saturated rings. The second kappa shape index (κ2) is 10.9. The van der Waals surface area contributed by atoms with E-state index < -0.39 is 0 Å². The zero-order valence-electron chi connectivity index (χ0n) is 15.1. The van der Waals surface area contributed by atoms with Crippen LogP contribution in [0.4, 0.5) is 11.4 Å². The lowest BCUT2D eigenvalue weighted by molar-refractivity contribution is -0.114. The molecule has 0 spiro atoms. The first-order chi connectivity index (χ1) is 12.6. The highest BCUT2D eigenvalue weighted by atomic mass is 33.1. The molecule has 0 saturated carbocycles. The molecule has 2 amide bonds. The van der Waals surface area contributed by atoms with E-state index in [4.69, 9.17) is 0 Å². The van der Waals surface area contributed by atoms with Gasteiger partial charge in [-0.05, 0) is 36.1 Å². The lowest BCUT2D eigenvalue weighted by Crippen LogP contribution is -2.16. The molecule has 0 bridgehead atoms. The Morgan fingerprint density at radius 3 is 1.50 bits per heavy atom. The molecular formula is C20H24N2O2S2. The van der Waals surface area contributed by atoms with Gasteiger partial charge in [0.05, 0.1) is 11.5 Å². The van der Waals surface area contributed by atoms with Crippen LogP contribution < -0.4 is 10.6 Å². The molecule has 0 aliphatic heterocycles. The van der Waals surface area contributed by atoms with Crippen LogP contribution in [-0.4, -0.2) is 23.3 Å². The van der Waals surface area contributed by atoms with Crippen LogP contribution in [0.2, 0.25) is 0 Å². The van der Waals surface area contributed by atoms with Crippen molar-refractivity contribution in [2.24, 2.45) is 0 Å². The first-order valence-corrected chi connectivity index (χ1v) is 11.1. The third-order valence-corrected chi connectivity index (χ3v) is 5.94. The van der Waals surface area contributed by atoms with E-state index in [9.17, 15) is 9.59 Å². The summed E-state index contributed by atoms with van der Waals surface area (Å²) in [5.41, 5.74) is 3.96. The van der Waals surface area contributed by atoms with Crippen LogP contribution in [0.25, 0.3) is 0 Å². The van der Waals surface area contributed by atoms with Gasteiger partial charge in [0.2, 0.25) is 11.8 Å². The number of rotatable bonds is 9. The number of hydrogen-bond acceptors (Lipinski definition) is 4. The van der Waals surface area contributed by atoms with Gasteiger partial charge in [0, 0.05) is 11.4 Å². The topological polar surface area (TPSA) is 58.2 Å². The number of para-hydroxylation sites is 2. The minimum Gasteiger partial charge on any atom is -0.325 e. The van der Waals surface area contributed by atoms with Gasteiger partial charge in [0.1, 0.15) is 0 Å². The number of nitrogens with one attached hydrogen (secondary N) is 2. The zero-order valence-corrected chi connectivity index (χ0v) is 16.7. The fourth-order valence-electron chi connectivity index (χ4n) is 2.46. The summed E-state index contributed by atoms with van der Waals surface area (Å²) in [6, 6.07) is 15.6. The molecule has 0 aromatic heterocycles. The van der Waals surface area contributed by atoms with Crippen molar-refractivity contribution in [1.82, 2.24) is 0 Å². The van der Waals surface area contributed by atoms with Crippen molar-refractivity contribution in [2.75, 3.05) is 22.1 Å².